The van der Waals surface area contributed by atoms with Gasteiger partial charge in [-0.2, -0.15) is 18.2 Å². The number of hydrogen-bond donors (Lipinski definition) is 0. The largest absolute Gasteiger partial charge is 2.00 e. The van der Waals surface area contributed by atoms with Crippen molar-refractivity contribution < 1.29 is 64.5 Å². The third-order valence-electron chi connectivity index (χ3n) is 6.93. The van der Waals surface area contributed by atoms with E-state index in [1.807, 2.05) is 97.1 Å². The van der Waals surface area contributed by atoms with Gasteiger partial charge in [-0.1, -0.05) is 54.6 Å². The maximum Gasteiger partial charge on any atom is 2.00 e. The molecular weight excluding hydrogens is 877 g/mol. The molecule has 0 saturated carbocycles. The summed E-state index contributed by atoms with van der Waals surface area (Å²) in [6.07, 6.45) is 6.76. The average molecular weight is 906 g/mol. The fourth-order valence-electron chi connectivity index (χ4n) is 4.62. The van der Waals surface area contributed by atoms with Crippen LogP contribution in [0.4, 0.5) is 0 Å². The summed E-state index contributed by atoms with van der Waals surface area (Å²) in [6, 6.07) is 56.5. The Morgan fingerprint density at radius 2 is 0.618 bits per heavy atom. The Morgan fingerprint density at radius 1 is 0.291 bits per heavy atom. The van der Waals surface area contributed by atoms with Crippen LogP contribution in [0.2, 0.25) is 0 Å². The molecule has 0 atom stereocenters. The van der Waals surface area contributed by atoms with Crippen LogP contribution in [0, 0.1) is 24.3 Å². The van der Waals surface area contributed by atoms with Crippen molar-refractivity contribution in [3.05, 3.63) is 195 Å². The Kier molecular flexibility index (Phi) is 15.2. The van der Waals surface area contributed by atoms with Gasteiger partial charge in [0, 0.05) is 83.2 Å². The number of rotatable bonds is 11. The molecule has 0 unspecified atom stereocenters. The number of pyridine rings is 4. The summed E-state index contributed by atoms with van der Waals surface area (Å²) >= 11 is 0. The normalized spacial score (nSPS) is 9.89. The second kappa shape index (κ2) is 20.9. The zero-order valence-electron chi connectivity index (χ0n) is 28.6. The van der Waals surface area contributed by atoms with E-state index in [1.165, 1.54) is 0 Å². The quantitative estimate of drug-likeness (QED) is 0.0928. The Bertz CT molecular complexity index is 2260. The summed E-state index contributed by atoms with van der Waals surface area (Å²) in [5.74, 6) is 5.13. The first-order valence-corrected chi connectivity index (χ1v) is 16.3. The van der Waals surface area contributed by atoms with E-state index in [0.717, 1.165) is 11.3 Å². The summed E-state index contributed by atoms with van der Waals surface area (Å²) in [6.45, 7) is 0. The molecule has 0 bridgehead atoms. The minimum absolute atomic E-state index is 0. The minimum Gasteiger partial charge on any atom is -0.509 e. The fraction of sp³-hybridized carbons (Fsp3) is 0. The van der Waals surface area contributed by atoms with Crippen LogP contribution in [0.15, 0.2) is 170 Å². The molecule has 4 heterocycles. The van der Waals surface area contributed by atoms with Gasteiger partial charge in [0.05, 0.1) is 0 Å². The van der Waals surface area contributed by atoms with Crippen molar-refractivity contribution in [2.75, 3.05) is 0 Å². The first-order valence-electron chi connectivity index (χ1n) is 16.3. The van der Waals surface area contributed by atoms with Crippen LogP contribution in [0.3, 0.4) is 0 Å². The van der Waals surface area contributed by atoms with Gasteiger partial charge in [0.2, 0.25) is 17.6 Å². The number of aromatic nitrogens is 4. The van der Waals surface area contributed by atoms with Crippen molar-refractivity contribution in [1.29, 1.82) is 0 Å². The first-order chi connectivity index (χ1) is 26.2. The van der Waals surface area contributed by atoms with Gasteiger partial charge in [0.1, 0.15) is 0 Å². The summed E-state index contributed by atoms with van der Waals surface area (Å²) in [7, 11) is 0. The molecule has 8 rings (SSSR count). The summed E-state index contributed by atoms with van der Waals surface area (Å²) in [5.41, 5.74) is 1.71. The van der Waals surface area contributed by atoms with Gasteiger partial charge in [0.25, 0.3) is 0 Å². The molecule has 8 aromatic rings. The molecule has 9 nitrogen and oxygen atoms in total. The van der Waals surface area contributed by atoms with Crippen molar-refractivity contribution >= 4 is 0 Å². The Morgan fingerprint density at radius 3 is 0.964 bits per heavy atom. The average Bonchev–Trinajstić information content (AvgIpc) is 3.20. The zero-order chi connectivity index (χ0) is 35.9. The van der Waals surface area contributed by atoms with E-state index < -0.39 is 0 Å². The van der Waals surface area contributed by atoms with E-state index >= 15 is 0 Å². The molecule has 0 amide bonds. The Labute approximate surface area is 346 Å². The molecule has 0 fully saturated rings. The molecule has 0 aliphatic carbocycles. The van der Waals surface area contributed by atoms with E-state index in [4.69, 9.17) is 23.7 Å². The second-order valence-electron chi connectivity index (χ2n) is 10.8. The topological polar surface area (TPSA) is 97.7 Å². The van der Waals surface area contributed by atoms with E-state index in [2.05, 4.69) is 44.2 Å². The number of hydrogen-bond acceptors (Lipinski definition) is 9. The smallest absolute Gasteiger partial charge is 0.509 e. The predicted molar refractivity (Wildman–Crippen MR) is 197 cm³/mol. The van der Waals surface area contributed by atoms with Crippen LogP contribution < -0.4 is 23.7 Å². The monoisotopic (exact) mass is 904 g/mol. The van der Waals surface area contributed by atoms with Crippen LogP contribution in [0.1, 0.15) is 0 Å². The van der Waals surface area contributed by atoms with Gasteiger partial charge in [-0.3, -0.25) is 0 Å². The van der Waals surface area contributed by atoms with Gasteiger partial charge in [-0.05, 0) is 30.0 Å². The van der Waals surface area contributed by atoms with Crippen molar-refractivity contribution in [3.8, 4) is 69.1 Å². The van der Waals surface area contributed by atoms with Gasteiger partial charge >= 0.3 is 40.8 Å². The van der Waals surface area contributed by atoms with Crippen molar-refractivity contribution in [3.63, 3.8) is 0 Å². The number of nitrogens with zero attached hydrogens (tertiary/aromatic N) is 4. The van der Waals surface area contributed by atoms with E-state index in [9.17, 15) is 0 Å². The van der Waals surface area contributed by atoms with Crippen LogP contribution in [-0.2, 0) is 40.8 Å². The molecule has 0 spiro atoms. The standard InChI is InChI=1S/C22H14N2O3.C22H14N2O2.2Pd/c1-3-13-23-21(11-1)26-19-9-5-7-17(15-19)25-18-8-6-10-20(16-18)27-22-12-2-4-14-24-22;1-3-13-23-21(11-1)17-7-5-8-18(15-17)25-19-9-6-10-20(16-19)26-22-12-2-4-14-24-22;;/h1-14H;1-14H;;/q2*-2;2*+2. The summed E-state index contributed by atoms with van der Waals surface area (Å²) in [5, 5.41) is 0. The minimum atomic E-state index is 0. The molecule has 274 valence electrons. The summed E-state index contributed by atoms with van der Waals surface area (Å²) in [4.78, 5) is 16.7. The molecule has 4 aromatic carbocycles. The van der Waals surface area contributed by atoms with E-state index in [-0.39, 0.29) is 40.8 Å². The fourth-order valence-corrected chi connectivity index (χ4v) is 4.62. The van der Waals surface area contributed by atoms with Crippen LogP contribution in [-0.4, -0.2) is 19.9 Å². The molecule has 0 radical (unpaired) electrons. The Hall–Kier alpha value is -6.20. The number of ether oxygens (including phenoxy) is 5. The van der Waals surface area contributed by atoms with Gasteiger partial charge in [-0.25, -0.2) is 15.0 Å². The van der Waals surface area contributed by atoms with Crippen LogP contribution in [0.5, 0.6) is 57.9 Å². The molecule has 0 saturated heterocycles. The van der Waals surface area contributed by atoms with Crippen molar-refractivity contribution in [1.82, 2.24) is 19.9 Å². The van der Waals surface area contributed by atoms with E-state index in [0.29, 0.717) is 57.9 Å². The molecule has 4 aromatic heterocycles. The predicted octanol–water partition coefficient (Wildman–Crippen LogP) is 10.8. The van der Waals surface area contributed by atoms with Gasteiger partial charge < -0.3 is 28.7 Å². The third-order valence-corrected chi connectivity index (χ3v) is 6.93. The van der Waals surface area contributed by atoms with Crippen molar-refractivity contribution in [2.45, 2.75) is 0 Å². The van der Waals surface area contributed by atoms with Crippen LogP contribution >= 0.6 is 0 Å². The van der Waals surface area contributed by atoms with Crippen molar-refractivity contribution in [2.24, 2.45) is 0 Å². The van der Waals surface area contributed by atoms with Gasteiger partial charge in [0.15, 0.2) is 0 Å². The maximum absolute atomic E-state index is 5.88. The molecule has 0 N–H and O–H groups in total. The SMILES string of the molecule is [Pd+2].[Pd+2].[c-]1c(Oc2[c-]c(-c3ccccn3)ccc2)cccc1Oc1ccccn1.[c-]1c(Oc2[c-]c(Oc3ccccn3)ccc2)cccc1Oc1ccccn1. The Balaban J connectivity index is 0.000000204. The van der Waals surface area contributed by atoms with Crippen LogP contribution in [0.25, 0.3) is 11.3 Å². The summed E-state index contributed by atoms with van der Waals surface area (Å²) < 4.78 is 28.7. The molecule has 11 heteroatoms. The zero-order valence-corrected chi connectivity index (χ0v) is 31.7. The first kappa shape index (κ1) is 40.0. The molecule has 55 heavy (non-hydrogen) atoms. The molecule has 0 aliphatic rings. The molecular formula is C44H28N4O5Pd2. The maximum atomic E-state index is 5.88. The van der Waals surface area contributed by atoms with E-state index in [1.54, 1.807) is 73.3 Å². The second-order valence-corrected chi connectivity index (χ2v) is 10.8. The van der Waals surface area contributed by atoms with Gasteiger partial charge in [-0.15, -0.1) is 60.2 Å². The number of benzene rings is 4. The third kappa shape index (κ3) is 12.4. The molecule has 0 aliphatic heterocycles.